The third kappa shape index (κ3) is 3.74. The van der Waals surface area contributed by atoms with Gasteiger partial charge in [-0.15, -0.1) is 11.3 Å². The van der Waals surface area contributed by atoms with Gasteiger partial charge in [0.05, 0.1) is 10.8 Å². The molecule has 0 bridgehead atoms. The summed E-state index contributed by atoms with van der Waals surface area (Å²) in [7, 11) is 1.65. The molecule has 2 N–H and O–H groups in total. The van der Waals surface area contributed by atoms with Gasteiger partial charge in [0.1, 0.15) is 0 Å². The number of carbonyl (C=O) groups is 1. The van der Waals surface area contributed by atoms with Crippen molar-refractivity contribution in [3.05, 3.63) is 51.2 Å². The average molecular weight is 309 g/mol. The Bertz CT molecular complexity index is 597. The highest BCUT2D eigenvalue weighted by Gasteiger charge is 2.11. The summed E-state index contributed by atoms with van der Waals surface area (Å²) < 4.78 is 0.785. The molecule has 0 fully saturated rings. The Labute approximate surface area is 128 Å². The zero-order valence-electron chi connectivity index (χ0n) is 11.4. The van der Waals surface area contributed by atoms with Crippen molar-refractivity contribution in [1.82, 2.24) is 5.32 Å². The number of hydrogen-bond donors (Lipinski definition) is 2. The zero-order chi connectivity index (χ0) is 14.5. The van der Waals surface area contributed by atoms with E-state index >= 15 is 0 Å². The molecule has 1 atom stereocenters. The number of anilines is 1. The molecule has 20 heavy (non-hydrogen) atoms. The number of benzene rings is 1. The van der Waals surface area contributed by atoms with Crippen LogP contribution >= 0.6 is 22.9 Å². The summed E-state index contributed by atoms with van der Waals surface area (Å²) >= 11 is 7.49. The Morgan fingerprint density at radius 1 is 1.40 bits per heavy atom. The van der Waals surface area contributed by atoms with Crippen molar-refractivity contribution in [3.63, 3.8) is 0 Å². The minimum Gasteiger partial charge on any atom is -0.378 e. The van der Waals surface area contributed by atoms with Crippen molar-refractivity contribution < 1.29 is 4.79 Å². The standard InChI is InChI=1S/C15H17ClN2OS/c1-10(12-7-14(16)20-9-12)18-13-6-4-3-5-11(13)8-15(19)17-2/h3-7,9-10,18H,8H2,1-2H3,(H,17,19). The van der Waals surface area contributed by atoms with Gasteiger partial charge < -0.3 is 10.6 Å². The number of para-hydroxylation sites is 1. The molecule has 0 radical (unpaired) electrons. The third-order valence-corrected chi connectivity index (χ3v) is 4.22. The molecule has 3 nitrogen and oxygen atoms in total. The molecule has 1 heterocycles. The fourth-order valence-electron chi connectivity index (χ4n) is 1.94. The van der Waals surface area contributed by atoms with Crippen LogP contribution in [-0.2, 0) is 11.2 Å². The van der Waals surface area contributed by atoms with E-state index in [-0.39, 0.29) is 11.9 Å². The highest BCUT2D eigenvalue weighted by atomic mass is 35.5. The summed E-state index contributed by atoms with van der Waals surface area (Å²) in [5, 5.41) is 8.13. The van der Waals surface area contributed by atoms with E-state index in [2.05, 4.69) is 17.6 Å². The van der Waals surface area contributed by atoms with E-state index in [9.17, 15) is 4.79 Å². The van der Waals surface area contributed by atoms with E-state index in [1.807, 2.05) is 35.7 Å². The summed E-state index contributed by atoms with van der Waals surface area (Å²) in [4.78, 5) is 11.5. The number of rotatable bonds is 5. The SMILES string of the molecule is CNC(=O)Cc1ccccc1NC(C)c1csc(Cl)c1. The van der Waals surface area contributed by atoms with Gasteiger partial charge in [-0.3, -0.25) is 4.79 Å². The first kappa shape index (κ1) is 14.9. The second kappa shape index (κ2) is 6.77. The highest BCUT2D eigenvalue weighted by molar-refractivity contribution is 7.14. The van der Waals surface area contributed by atoms with Crippen LogP contribution in [0.4, 0.5) is 5.69 Å². The number of halogens is 1. The van der Waals surface area contributed by atoms with Crippen molar-refractivity contribution in [2.24, 2.45) is 0 Å². The number of hydrogen-bond acceptors (Lipinski definition) is 3. The lowest BCUT2D eigenvalue weighted by Crippen LogP contribution is -2.20. The average Bonchev–Trinajstić information content (AvgIpc) is 2.87. The van der Waals surface area contributed by atoms with Crippen LogP contribution < -0.4 is 10.6 Å². The molecule has 1 aromatic heterocycles. The Hall–Kier alpha value is -1.52. The lowest BCUT2D eigenvalue weighted by Gasteiger charge is -2.17. The maximum absolute atomic E-state index is 11.5. The van der Waals surface area contributed by atoms with Gasteiger partial charge in [0.25, 0.3) is 0 Å². The number of nitrogens with one attached hydrogen (secondary N) is 2. The zero-order valence-corrected chi connectivity index (χ0v) is 13.0. The summed E-state index contributed by atoms with van der Waals surface area (Å²) in [6.07, 6.45) is 0.372. The van der Waals surface area contributed by atoms with Crippen molar-refractivity contribution in [3.8, 4) is 0 Å². The maximum Gasteiger partial charge on any atom is 0.224 e. The summed E-state index contributed by atoms with van der Waals surface area (Å²) in [6, 6.07) is 9.96. The molecule has 0 aliphatic heterocycles. The molecule has 5 heteroatoms. The predicted octanol–water partition coefficient (Wildman–Crippen LogP) is 3.86. The first-order valence-electron chi connectivity index (χ1n) is 6.39. The van der Waals surface area contributed by atoms with Gasteiger partial charge in [-0.05, 0) is 35.6 Å². The number of likely N-dealkylation sites (N-methyl/N-ethyl adjacent to an activating group) is 1. The van der Waals surface area contributed by atoms with E-state index in [0.717, 1.165) is 21.2 Å². The number of carbonyl (C=O) groups excluding carboxylic acids is 1. The van der Waals surface area contributed by atoms with Crippen LogP contribution in [0.2, 0.25) is 4.34 Å². The van der Waals surface area contributed by atoms with Crippen LogP contribution in [0.5, 0.6) is 0 Å². The van der Waals surface area contributed by atoms with Gasteiger partial charge >= 0.3 is 0 Å². The van der Waals surface area contributed by atoms with Gasteiger partial charge in [0.15, 0.2) is 0 Å². The first-order chi connectivity index (χ1) is 9.60. The molecule has 0 saturated carbocycles. The molecule has 1 unspecified atom stereocenters. The topological polar surface area (TPSA) is 41.1 Å². The summed E-state index contributed by atoms with van der Waals surface area (Å²) in [5.74, 6) is 0.00507. The molecule has 0 spiro atoms. The Morgan fingerprint density at radius 2 is 2.15 bits per heavy atom. The molecular formula is C15H17ClN2OS. The lowest BCUT2D eigenvalue weighted by molar-refractivity contribution is -0.119. The molecule has 2 rings (SSSR count). The normalized spacial score (nSPS) is 11.9. The van der Waals surface area contributed by atoms with Crippen LogP contribution in [-0.4, -0.2) is 13.0 Å². The largest absolute Gasteiger partial charge is 0.378 e. The van der Waals surface area contributed by atoms with Gasteiger partial charge in [-0.25, -0.2) is 0 Å². The van der Waals surface area contributed by atoms with Crippen molar-refractivity contribution in [1.29, 1.82) is 0 Å². The fraction of sp³-hybridized carbons (Fsp3) is 0.267. The highest BCUT2D eigenvalue weighted by Crippen LogP contribution is 2.28. The van der Waals surface area contributed by atoms with Gasteiger partial charge in [0.2, 0.25) is 5.91 Å². The molecule has 2 aromatic rings. The van der Waals surface area contributed by atoms with Crippen molar-refractivity contribution in [2.45, 2.75) is 19.4 Å². The Kier molecular flexibility index (Phi) is 5.04. The minimum absolute atomic E-state index is 0.00507. The second-order valence-corrected chi connectivity index (χ2v) is 6.10. The first-order valence-corrected chi connectivity index (χ1v) is 7.65. The second-order valence-electron chi connectivity index (χ2n) is 4.56. The monoisotopic (exact) mass is 308 g/mol. The third-order valence-electron chi connectivity index (χ3n) is 3.11. The predicted molar refractivity (Wildman–Crippen MR) is 85.6 cm³/mol. The van der Waals surface area contributed by atoms with Gasteiger partial charge in [-0.2, -0.15) is 0 Å². The Balaban J connectivity index is 2.14. The van der Waals surface area contributed by atoms with E-state index in [1.165, 1.54) is 11.3 Å². The van der Waals surface area contributed by atoms with Gasteiger partial charge in [-0.1, -0.05) is 29.8 Å². The quantitative estimate of drug-likeness (QED) is 0.880. The molecule has 0 saturated heterocycles. The molecule has 1 amide bonds. The van der Waals surface area contributed by atoms with Crippen LogP contribution in [0.3, 0.4) is 0 Å². The number of amides is 1. The van der Waals surface area contributed by atoms with Crippen molar-refractivity contribution in [2.75, 3.05) is 12.4 Å². The van der Waals surface area contributed by atoms with E-state index in [4.69, 9.17) is 11.6 Å². The summed E-state index contributed by atoms with van der Waals surface area (Å²) in [6.45, 7) is 2.08. The van der Waals surface area contributed by atoms with E-state index < -0.39 is 0 Å². The molecular weight excluding hydrogens is 292 g/mol. The molecule has 1 aromatic carbocycles. The maximum atomic E-state index is 11.5. The van der Waals surface area contributed by atoms with E-state index in [1.54, 1.807) is 7.05 Å². The number of thiophene rings is 1. The summed E-state index contributed by atoms with van der Waals surface area (Å²) in [5.41, 5.74) is 3.11. The molecule has 0 aliphatic carbocycles. The van der Waals surface area contributed by atoms with Crippen LogP contribution in [0, 0.1) is 0 Å². The van der Waals surface area contributed by atoms with Gasteiger partial charge in [0, 0.05) is 18.8 Å². The lowest BCUT2D eigenvalue weighted by atomic mass is 10.1. The van der Waals surface area contributed by atoms with Crippen LogP contribution in [0.15, 0.2) is 35.7 Å². The molecule has 0 aliphatic rings. The van der Waals surface area contributed by atoms with Crippen LogP contribution in [0.1, 0.15) is 24.1 Å². The van der Waals surface area contributed by atoms with E-state index in [0.29, 0.717) is 6.42 Å². The van der Waals surface area contributed by atoms with Crippen LogP contribution in [0.25, 0.3) is 0 Å². The van der Waals surface area contributed by atoms with Crippen molar-refractivity contribution >= 4 is 34.5 Å². The minimum atomic E-state index is 0.00507. The smallest absolute Gasteiger partial charge is 0.224 e. The fourth-order valence-corrected chi connectivity index (χ4v) is 2.93. The molecule has 106 valence electrons. The Morgan fingerprint density at radius 3 is 2.80 bits per heavy atom.